The van der Waals surface area contributed by atoms with E-state index in [1.165, 1.54) is 0 Å². The Morgan fingerprint density at radius 1 is 1.12 bits per heavy atom. The van der Waals surface area contributed by atoms with Gasteiger partial charge in [-0.1, -0.05) is 0 Å². The van der Waals surface area contributed by atoms with Gasteiger partial charge in [-0.3, -0.25) is 4.79 Å². The predicted octanol–water partition coefficient (Wildman–Crippen LogP) is 1.96. The third-order valence-electron chi connectivity index (χ3n) is 4.88. The number of hydrogen-bond donors (Lipinski definition) is 1. The summed E-state index contributed by atoms with van der Waals surface area (Å²) in [6, 6.07) is 4.06. The highest BCUT2D eigenvalue weighted by molar-refractivity contribution is 5.98. The van der Waals surface area contributed by atoms with Crippen molar-refractivity contribution >= 4 is 18.3 Å². The summed E-state index contributed by atoms with van der Waals surface area (Å²) in [7, 11) is 4.65. The summed E-state index contributed by atoms with van der Waals surface area (Å²) in [4.78, 5) is 14.9. The normalized spacial score (nSPS) is 22.4. The third kappa shape index (κ3) is 3.26. The lowest BCUT2D eigenvalue weighted by molar-refractivity contribution is 0.0658. The number of likely N-dealkylation sites (tertiary alicyclic amines) is 1. The zero-order valence-corrected chi connectivity index (χ0v) is 15.1. The fourth-order valence-corrected chi connectivity index (χ4v) is 3.67. The molecule has 2 heterocycles. The monoisotopic (exact) mass is 356 g/mol. The average molecular weight is 357 g/mol. The Morgan fingerprint density at radius 2 is 1.88 bits per heavy atom. The molecule has 1 aromatic rings. The molecule has 2 unspecified atom stereocenters. The number of piperidine rings is 1. The minimum atomic E-state index is -0.00634. The third-order valence-corrected chi connectivity index (χ3v) is 4.88. The van der Waals surface area contributed by atoms with Gasteiger partial charge in [0.1, 0.15) is 0 Å². The number of benzene rings is 1. The number of fused-ring (bicyclic) bond motifs is 1. The zero-order chi connectivity index (χ0) is 16.4. The lowest BCUT2D eigenvalue weighted by Gasteiger charge is -2.35. The van der Waals surface area contributed by atoms with Crippen molar-refractivity contribution in [1.82, 2.24) is 10.2 Å². The first-order valence-electron chi connectivity index (χ1n) is 8.01. The van der Waals surface area contributed by atoms with Gasteiger partial charge in [0, 0.05) is 19.1 Å². The summed E-state index contributed by atoms with van der Waals surface area (Å²) in [5.74, 6) is 1.99. The molecular weight excluding hydrogens is 332 g/mol. The molecule has 3 rings (SSSR count). The predicted molar refractivity (Wildman–Crippen MR) is 93.8 cm³/mol. The number of hydrogen-bond acceptors (Lipinski definition) is 5. The van der Waals surface area contributed by atoms with Crippen molar-refractivity contribution in [3.8, 4) is 17.2 Å². The first-order valence-corrected chi connectivity index (χ1v) is 8.01. The second kappa shape index (κ2) is 7.94. The van der Waals surface area contributed by atoms with Crippen LogP contribution in [0, 0.1) is 5.92 Å². The minimum Gasteiger partial charge on any atom is -0.493 e. The Kier molecular flexibility index (Phi) is 6.18. The van der Waals surface area contributed by atoms with Crippen LogP contribution in [0.15, 0.2) is 12.1 Å². The van der Waals surface area contributed by atoms with Crippen LogP contribution in [-0.4, -0.2) is 57.8 Å². The van der Waals surface area contributed by atoms with Gasteiger partial charge in [0.15, 0.2) is 11.5 Å². The second-order valence-electron chi connectivity index (χ2n) is 6.03. The van der Waals surface area contributed by atoms with Gasteiger partial charge in [-0.25, -0.2) is 0 Å². The van der Waals surface area contributed by atoms with Gasteiger partial charge in [-0.2, -0.15) is 0 Å². The number of rotatable bonds is 4. The van der Waals surface area contributed by atoms with E-state index < -0.39 is 0 Å². The largest absolute Gasteiger partial charge is 0.493 e. The maximum Gasteiger partial charge on any atom is 0.257 e. The number of methoxy groups -OCH3 is 3. The molecule has 2 atom stereocenters. The Bertz CT molecular complexity index is 596. The Balaban J connectivity index is 0.00000208. The minimum absolute atomic E-state index is 0. The number of amides is 1. The van der Waals surface area contributed by atoms with Crippen molar-refractivity contribution in [2.75, 3.05) is 41.0 Å². The highest BCUT2D eigenvalue weighted by Gasteiger charge is 2.35. The molecule has 7 heteroatoms. The molecule has 2 saturated heterocycles. The lowest BCUT2D eigenvalue weighted by atomic mass is 9.93. The molecule has 0 saturated carbocycles. The van der Waals surface area contributed by atoms with E-state index in [0.717, 1.165) is 32.5 Å². The maximum atomic E-state index is 13.0. The molecule has 134 valence electrons. The Morgan fingerprint density at radius 3 is 2.54 bits per heavy atom. The molecular formula is C17H25ClN2O4. The zero-order valence-electron chi connectivity index (χ0n) is 14.3. The summed E-state index contributed by atoms with van der Waals surface area (Å²) in [6.45, 7) is 2.62. The molecule has 0 bridgehead atoms. The van der Waals surface area contributed by atoms with Crippen LogP contribution in [0.2, 0.25) is 0 Å². The quantitative estimate of drug-likeness (QED) is 0.893. The van der Waals surface area contributed by atoms with Gasteiger partial charge in [0.2, 0.25) is 5.75 Å². The summed E-state index contributed by atoms with van der Waals surface area (Å²) < 4.78 is 16.1. The van der Waals surface area contributed by atoms with Crippen LogP contribution in [-0.2, 0) is 0 Å². The first-order chi connectivity index (χ1) is 11.2. The number of ether oxygens (including phenoxy) is 3. The summed E-state index contributed by atoms with van der Waals surface area (Å²) in [5.41, 5.74) is 0.523. The van der Waals surface area contributed by atoms with Crippen LogP contribution in [0.1, 0.15) is 23.2 Å². The number of carbonyl (C=O) groups is 1. The molecule has 0 spiro atoms. The Hall–Kier alpha value is -1.66. The van der Waals surface area contributed by atoms with E-state index in [9.17, 15) is 4.79 Å². The summed E-state index contributed by atoms with van der Waals surface area (Å²) in [6.07, 6.45) is 2.14. The van der Waals surface area contributed by atoms with E-state index in [1.54, 1.807) is 33.5 Å². The second-order valence-corrected chi connectivity index (χ2v) is 6.03. The van der Waals surface area contributed by atoms with E-state index in [4.69, 9.17) is 14.2 Å². The van der Waals surface area contributed by atoms with Gasteiger partial charge in [-0.05, 0) is 37.4 Å². The first kappa shape index (κ1) is 18.7. The molecule has 6 nitrogen and oxygen atoms in total. The van der Waals surface area contributed by atoms with E-state index in [1.807, 2.05) is 4.90 Å². The standard InChI is InChI=1S/C17H24N2O4.ClH/c1-21-14-5-4-12(15(22-2)16(14)23-3)17(20)19-9-7-13-11(10-19)6-8-18-13;/h4-5,11,13,18H,6-10H2,1-3H3;1H. The highest BCUT2D eigenvalue weighted by Crippen LogP contribution is 2.40. The van der Waals surface area contributed by atoms with Gasteiger partial charge < -0.3 is 24.4 Å². The lowest BCUT2D eigenvalue weighted by Crippen LogP contribution is -2.46. The molecule has 0 aromatic heterocycles. The van der Waals surface area contributed by atoms with Crippen molar-refractivity contribution < 1.29 is 19.0 Å². The van der Waals surface area contributed by atoms with Crippen LogP contribution in [0.3, 0.4) is 0 Å². The van der Waals surface area contributed by atoms with E-state index in [-0.39, 0.29) is 18.3 Å². The van der Waals surface area contributed by atoms with Crippen LogP contribution >= 0.6 is 12.4 Å². The van der Waals surface area contributed by atoms with Gasteiger partial charge in [0.05, 0.1) is 26.9 Å². The van der Waals surface area contributed by atoms with Gasteiger partial charge in [-0.15, -0.1) is 12.4 Å². The van der Waals surface area contributed by atoms with Crippen LogP contribution in [0.4, 0.5) is 0 Å². The average Bonchev–Trinajstić information content (AvgIpc) is 3.07. The maximum absolute atomic E-state index is 13.0. The molecule has 0 radical (unpaired) electrons. The molecule has 2 fully saturated rings. The molecule has 0 aliphatic carbocycles. The fourth-order valence-electron chi connectivity index (χ4n) is 3.67. The van der Waals surface area contributed by atoms with Gasteiger partial charge in [0.25, 0.3) is 5.91 Å². The number of carbonyl (C=O) groups excluding carboxylic acids is 1. The summed E-state index contributed by atoms with van der Waals surface area (Å²) in [5, 5.41) is 3.51. The van der Waals surface area contributed by atoms with Crippen LogP contribution in [0.5, 0.6) is 17.2 Å². The molecule has 1 amide bonds. The van der Waals surface area contributed by atoms with E-state index in [0.29, 0.717) is 34.8 Å². The molecule has 1 aromatic carbocycles. The van der Waals surface area contributed by atoms with Crippen molar-refractivity contribution in [1.29, 1.82) is 0 Å². The van der Waals surface area contributed by atoms with E-state index >= 15 is 0 Å². The topological polar surface area (TPSA) is 60.0 Å². The molecule has 24 heavy (non-hydrogen) atoms. The highest BCUT2D eigenvalue weighted by atomic mass is 35.5. The van der Waals surface area contributed by atoms with E-state index in [2.05, 4.69) is 5.32 Å². The van der Waals surface area contributed by atoms with Crippen molar-refractivity contribution in [3.05, 3.63) is 17.7 Å². The molecule has 2 aliphatic heterocycles. The summed E-state index contributed by atoms with van der Waals surface area (Å²) >= 11 is 0. The van der Waals surface area contributed by atoms with Crippen LogP contribution < -0.4 is 19.5 Å². The van der Waals surface area contributed by atoms with Crippen LogP contribution in [0.25, 0.3) is 0 Å². The SMILES string of the molecule is COc1ccc(C(=O)N2CCC3NCCC3C2)c(OC)c1OC.Cl. The molecule has 2 aliphatic rings. The van der Waals surface area contributed by atoms with Gasteiger partial charge >= 0.3 is 0 Å². The van der Waals surface area contributed by atoms with Crippen molar-refractivity contribution in [3.63, 3.8) is 0 Å². The molecule has 1 N–H and O–H groups in total. The van der Waals surface area contributed by atoms with Crippen molar-refractivity contribution in [2.45, 2.75) is 18.9 Å². The number of nitrogens with one attached hydrogen (secondary N) is 1. The van der Waals surface area contributed by atoms with Crippen molar-refractivity contribution in [2.24, 2.45) is 5.92 Å². The smallest absolute Gasteiger partial charge is 0.257 e. The fraction of sp³-hybridized carbons (Fsp3) is 0.588. The number of halogens is 1. The number of nitrogens with zero attached hydrogens (tertiary/aromatic N) is 1. The Labute approximate surface area is 148 Å².